The summed E-state index contributed by atoms with van der Waals surface area (Å²) in [5.41, 5.74) is 2.45. The molecule has 0 bridgehead atoms. The van der Waals surface area contributed by atoms with Crippen molar-refractivity contribution in [3.63, 3.8) is 0 Å². The van der Waals surface area contributed by atoms with Gasteiger partial charge in [0.15, 0.2) is 0 Å². The van der Waals surface area contributed by atoms with E-state index in [2.05, 4.69) is 22.8 Å². The van der Waals surface area contributed by atoms with Gasteiger partial charge in [-0.2, -0.15) is 11.8 Å². The third-order valence-corrected chi connectivity index (χ3v) is 4.81. The highest BCUT2D eigenvalue weighted by molar-refractivity contribution is 7.99. The topological polar surface area (TPSA) is 41.1 Å². The van der Waals surface area contributed by atoms with Gasteiger partial charge in [-0.15, -0.1) is 0 Å². The van der Waals surface area contributed by atoms with E-state index in [-0.39, 0.29) is 11.9 Å². The molecule has 1 amide bonds. The summed E-state index contributed by atoms with van der Waals surface area (Å²) < 4.78 is 0. The number of thioether (sulfide) groups is 1. The van der Waals surface area contributed by atoms with Crippen LogP contribution in [0.25, 0.3) is 0 Å². The first-order valence-corrected chi connectivity index (χ1v) is 7.69. The first-order chi connectivity index (χ1) is 8.84. The fraction of sp³-hybridized carbons (Fsp3) is 0.500. The van der Waals surface area contributed by atoms with Crippen molar-refractivity contribution in [2.24, 2.45) is 0 Å². The molecular formula is C14H18N2OS. The Morgan fingerprint density at radius 1 is 1.39 bits per heavy atom. The quantitative estimate of drug-likeness (QED) is 0.848. The molecule has 4 heteroatoms. The fourth-order valence-electron chi connectivity index (χ4n) is 2.67. The molecular weight excluding hydrogens is 244 g/mol. The Bertz CT molecular complexity index is 443. The summed E-state index contributed by atoms with van der Waals surface area (Å²) >= 11 is 1.92. The van der Waals surface area contributed by atoms with E-state index in [0.717, 1.165) is 30.7 Å². The number of carbonyl (C=O) groups is 1. The number of hydrogen-bond acceptors (Lipinski definition) is 3. The Kier molecular flexibility index (Phi) is 3.57. The molecule has 2 aliphatic heterocycles. The van der Waals surface area contributed by atoms with Crippen molar-refractivity contribution in [2.75, 3.05) is 18.1 Å². The minimum Gasteiger partial charge on any atom is -0.351 e. The van der Waals surface area contributed by atoms with Gasteiger partial charge < -0.3 is 10.6 Å². The van der Waals surface area contributed by atoms with Crippen LogP contribution in [0.1, 0.15) is 23.6 Å². The lowest BCUT2D eigenvalue weighted by Gasteiger charge is -2.27. The lowest BCUT2D eigenvalue weighted by atomic mass is 9.94. The van der Waals surface area contributed by atoms with E-state index >= 15 is 0 Å². The molecule has 3 rings (SSSR count). The summed E-state index contributed by atoms with van der Waals surface area (Å²) in [5, 5.41) is 6.50. The largest absolute Gasteiger partial charge is 0.351 e. The van der Waals surface area contributed by atoms with Crippen LogP contribution in [0.5, 0.6) is 0 Å². The van der Waals surface area contributed by atoms with Crippen LogP contribution in [0, 0.1) is 0 Å². The van der Waals surface area contributed by atoms with Crippen molar-refractivity contribution < 1.29 is 4.79 Å². The maximum Gasteiger partial charge on any atom is 0.241 e. The number of amides is 1. The maximum atomic E-state index is 12.3. The van der Waals surface area contributed by atoms with Crippen LogP contribution in [0.3, 0.4) is 0 Å². The SMILES string of the molecule is O=C(NC1CCSC1)C1NCCc2ccccc21. The molecule has 18 heavy (non-hydrogen) atoms. The number of hydrogen-bond donors (Lipinski definition) is 2. The molecule has 2 atom stereocenters. The van der Waals surface area contributed by atoms with Gasteiger partial charge in [0.1, 0.15) is 6.04 Å². The van der Waals surface area contributed by atoms with Gasteiger partial charge in [0.2, 0.25) is 5.91 Å². The molecule has 2 N–H and O–H groups in total. The van der Waals surface area contributed by atoms with Gasteiger partial charge in [0.25, 0.3) is 0 Å². The zero-order valence-electron chi connectivity index (χ0n) is 10.3. The average molecular weight is 262 g/mol. The van der Waals surface area contributed by atoms with Gasteiger partial charge in [0.05, 0.1) is 0 Å². The van der Waals surface area contributed by atoms with E-state index in [9.17, 15) is 4.79 Å². The third-order valence-electron chi connectivity index (χ3n) is 3.65. The Morgan fingerprint density at radius 3 is 3.11 bits per heavy atom. The highest BCUT2D eigenvalue weighted by atomic mass is 32.2. The molecule has 3 nitrogen and oxygen atoms in total. The molecule has 1 saturated heterocycles. The highest BCUT2D eigenvalue weighted by Crippen LogP contribution is 2.24. The number of carbonyl (C=O) groups excluding carboxylic acids is 1. The average Bonchev–Trinajstić information content (AvgIpc) is 2.91. The van der Waals surface area contributed by atoms with E-state index in [1.807, 2.05) is 23.9 Å². The number of fused-ring (bicyclic) bond motifs is 1. The van der Waals surface area contributed by atoms with Crippen molar-refractivity contribution >= 4 is 17.7 Å². The van der Waals surface area contributed by atoms with E-state index in [1.54, 1.807) is 0 Å². The van der Waals surface area contributed by atoms with Crippen molar-refractivity contribution in [3.8, 4) is 0 Å². The van der Waals surface area contributed by atoms with Crippen LogP contribution >= 0.6 is 11.8 Å². The second-order valence-electron chi connectivity index (χ2n) is 4.91. The Balaban J connectivity index is 1.74. The van der Waals surface area contributed by atoms with Gasteiger partial charge in [0, 0.05) is 18.3 Å². The van der Waals surface area contributed by atoms with E-state index in [4.69, 9.17) is 0 Å². The molecule has 0 aliphatic carbocycles. The Labute approximate surface area is 112 Å². The summed E-state index contributed by atoms with van der Waals surface area (Å²) in [6.45, 7) is 0.883. The fourth-order valence-corrected chi connectivity index (χ4v) is 3.82. The van der Waals surface area contributed by atoms with Crippen LogP contribution < -0.4 is 10.6 Å². The standard InChI is InChI=1S/C14H18N2OS/c17-14(16-11-6-8-18-9-11)13-12-4-2-1-3-10(12)5-7-15-13/h1-4,11,13,15H,5-9H2,(H,16,17). The molecule has 1 aromatic carbocycles. The van der Waals surface area contributed by atoms with Gasteiger partial charge >= 0.3 is 0 Å². The smallest absolute Gasteiger partial charge is 0.241 e. The summed E-state index contributed by atoms with van der Waals surface area (Å²) in [7, 11) is 0. The van der Waals surface area contributed by atoms with Crippen molar-refractivity contribution in [1.82, 2.24) is 10.6 Å². The summed E-state index contributed by atoms with van der Waals surface area (Å²) in [5.74, 6) is 2.36. The van der Waals surface area contributed by atoms with Crippen LogP contribution in [-0.4, -0.2) is 30.0 Å². The molecule has 0 spiro atoms. The zero-order valence-corrected chi connectivity index (χ0v) is 11.1. The van der Waals surface area contributed by atoms with E-state index in [0.29, 0.717) is 6.04 Å². The summed E-state index contributed by atoms with van der Waals surface area (Å²) in [6.07, 6.45) is 2.12. The lowest BCUT2D eigenvalue weighted by Crippen LogP contribution is -2.45. The molecule has 96 valence electrons. The third kappa shape index (κ3) is 2.40. The van der Waals surface area contributed by atoms with Gasteiger partial charge in [-0.05, 0) is 29.7 Å². The molecule has 2 heterocycles. The number of rotatable bonds is 2. The molecule has 0 radical (unpaired) electrons. The van der Waals surface area contributed by atoms with Gasteiger partial charge in [-0.1, -0.05) is 24.3 Å². The van der Waals surface area contributed by atoms with Crippen LogP contribution in [-0.2, 0) is 11.2 Å². The van der Waals surface area contributed by atoms with Gasteiger partial charge in [-0.3, -0.25) is 4.79 Å². The molecule has 2 unspecified atom stereocenters. The van der Waals surface area contributed by atoms with Crippen LogP contribution in [0.4, 0.5) is 0 Å². The first-order valence-electron chi connectivity index (χ1n) is 6.54. The molecule has 0 saturated carbocycles. The monoisotopic (exact) mass is 262 g/mol. The van der Waals surface area contributed by atoms with Crippen molar-refractivity contribution in [1.29, 1.82) is 0 Å². The first kappa shape index (κ1) is 12.1. The van der Waals surface area contributed by atoms with Gasteiger partial charge in [-0.25, -0.2) is 0 Å². The number of nitrogens with one attached hydrogen (secondary N) is 2. The molecule has 1 aromatic rings. The maximum absolute atomic E-state index is 12.3. The van der Waals surface area contributed by atoms with E-state index in [1.165, 1.54) is 11.3 Å². The predicted octanol–water partition coefficient (Wildman–Crippen LogP) is 1.50. The predicted molar refractivity (Wildman–Crippen MR) is 74.8 cm³/mol. The van der Waals surface area contributed by atoms with Crippen molar-refractivity contribution in [3.05, 3.63) is 35.4 Å². The lowest BCUT2D eigenvalue weighted by molar-refractivity contribution is -0.124. The second kappa shape index (κ2) is 5.33. The summed E-state index contributed by atoms with van der Waals surface area (Å²) in [6, 6.07) is 8.44. The minimum absolute atomic E-state index is 0.134. The van der Waals surface area contributed by atoms with Crippen molar-refractivity contribution in [2.45, 2.75) is 24.9 Å². The number of benzene rings is 1. The molecule has 1 fully saturated rings. The summed E-state index contributed by atoms with van der Waals surface area (Å²) in [4.78, 5) is 12.3. The molecule has 2 aliphatic rings. The normalized spacial score (nSPS) is 26.7. The molecule has 0 aromatic heterocycles. The van der Waals surface area contributed by atoms with Crippen LogP contribution in [0.15, 0.2) is 24.3 Å². The Hall–Kier alpha value is -1.00. The Morgan fingerprint density at radius 2 is 2.28 bits per heavy atom. The zero-order chi connectivity index (χ0) is 12.4. The highest BCUT2D eigenvalue weighted by Gasteiger charge is 2.28. The minimum atomic E-state index is -0.166. The van der Waals surface area contributed by atoms with Crippen LogP contribution in [0.2, 0.25) is 0 Å². The second-order valence-corrected chi connectivity index (χ2v) is 6.05. The van der Waals surface area contributed by atoms with E-state index < -0.39 is 0 Å².